The minimum absolute atomic E-state index is 0.340. The summed E-state index contributed by atoms with van der Waals surface area (Å²) in [4.78, 5) is 1.36. The predicted octanol–water partition coefficient (Wildman–Crippen LogP) is 3.53. The zero-order valence-corrected chi connectivity index (χ0v) is 10.6. The molecule has 0 radical (unpaired) electrons. The molecule has 0 amide bonds. The summed E-state index contributed by atoms with van der Waals surface area (Å²) >= 11 is 1.80. The largest absolute Gasteiger partial charge is 0.271 e. The van der Waals surface area contributed by atoms with E-state index < -0.39 is 0 Å². The van der Waals surface area contributed by atoms with Gasteiger partial charge in [-0.05, 0) is 30.4 Å². The number of hydrogen-bond donors (Lipinski definition) is 2. The SMILES string of the molecule is CCCCCCC(NN)c1csc(C)c1. The van der Waals surface area contributed by atoms with Gasteiger partial charge in [-0.3, -0.25) is 11.3 Å². The third-order valence-corrected chi connectivity index (χ3v) is 3.58. The van der Waals surface area contributed by atoms with E-state index >= 15 is 0 Å². The molecular formula is C12H22N2S. The van der Waals surface area contributed by atoms with Crippen LogP contribution in [0.25, 0.3) is 0 Å². The average Bonchev–Trinajstić information content (AvgIpc) is 2.65. The van der Waals surface area contributed by atoms with Crippen molar-refractivity contribution in [3.05, 3.63) is 21.9 Å². The third kappa shape index (κ3) is 4.33. The zero-order chi connectivity index (χ0) is 11.1. The van der Waals surface area contributed by atoms with Crippen LogP contribution in [0.4, 0.5) is 0 Å². The van der Waals surface area contributed by atoms with Gasteiger partial charge in [-0.15, -0.1) is 11.3 Å². The molecule has 1 aromatic heterocycles. The lowest BCUT2D eigenvalue weighted by Gasteiger charge is -2.14. The fourth-order valence-electron chi connectivity index (χ4n) is 1.77. The van der Waals surface area contributed by atoms with E-state index in [-0.39, 0.29) is 0 Å². The van der Waals surface area contributed by atoms with Crippen LogP contribution in [0, 0.1) is 6.92 Å². The highest BCUT2D eigenvalue weighted by Crippen LogP contribution is 2.24. The Morgan fingerprint density at radius 3 is 2.73 bits per heavy atom. The summed E-state index contributed by atoms with van der Waals surface area (Å²) in [5, 5.41) is 2.21. The van der Waals surface area contributed by atoms with Crippen molar-refractivity contribution in [2.45, 2.75) is 52.0 Å². The molecule has 1 heterocycles. The number of thiophene rings is 1. The maximum Gasteiger partial charge on any atom is 0.0468 e. The van der Waals surface area contributed by atoms with Gasteiger partial charge in [0.1, 0.15) is 0 Å². The Balaban J connectivity index is 2.35. The summed E-state index contributed by atoms with van der Waals surface area (Å²) in [5.74, 6) is 5.58. The Labute approximate surface area is 96.9 Å². The normalized spacial score (nSPS) is 13.0. The lowest BCUT2D eigenvalue weighted by atomic mass is 10.0. The molecule has 0 aromatic carbocycles. The highest BCUT2D eigenvalue weighted by atomic mass is 32.1. The van der Waals surface area contributed by atoms with Crippen molar-refractivity contribution < 1.29 is 0 Å². The second kappa shape index (κ2) is 6.99. The molecule has 3 N–H and O–H groups in total. The van der Waals surface area contributed by atoms with Crippen LogP contribution in [-0.2, 0) is 0 Å². The number of rotatable bonds is 7. The predicted molar refractivity (Wildman–Crippen MR) is 67.9 cm³/mol. The average molecular weight is 226 g/mol. The molecular weight excluding hydrogens is 204 g/mol. The Hall–Kier alpha value is -0.380. The molecule has 3 heteroatoms. The van der Waals surface area contributed by atoms with Gasteiger partial charge in [-0.2, -0.15) is 0 Å². The van der Waals surface area contributed by atoms with Gasteiger partial charge in [-0.25, -0.2) is 0 Å². The molecule has 0 aliphatic rings. The molecule has 1 rings (SSSR count). The molecule has 0 saturated carbocycles. The van der Waals surface area contributed by atoms with Gasteiger partial charge in [0, 0.05) is 10.9 Å². The minimum atomic E-state index is 0.340. The number of nitrogens with two attached hydrogens (primary N) is 1. The van der Waals surface area contributed by atoms with E-state index in [1.165, 1.54) is 36.1 Å². The van der Waals surface area contributed by atoms with E-state index in [2.05, 4.69) is 30.7 Å². The van der Waals surface area contributed by atoms with Gasteiger partial charge in [0.2, 0.25) is 0 Å². The van der Waals surface area contributed by atoms with E-state index in [1.54, 1.807) is 11.3 Å². The molecule has 1 atom stereocenters. The molecule has 0 spiro atoms. The third-order valence-electron chi connectivity index (χ3n) is 2.70. The van der Waals surface area contributed by atoms with E-state index in [4.69, 9.17) is 5.84 Å². The Morgan fingerprint density at radius 1 is 1.40 bits per heavy atom. The maximum atomic E-state index is 5.58. The topological polar surface area (TPSA) is 38.0 Å². The molecule has 0 aliphatic carbocycles. The quantitative estimate of drug-likeness (QED) is 0.424. The van der Waals surface area contributed by atoms with Crippen LogP contribution in [0.5, 0.6) is 0 Å². The van der Waals surface area contributed by atoms with E-state index in [9.17, 15) is 0 Å². The number of hydrazine groups is 1. The standard InChI is InChI=1S/C12H22N2S/c1-3-4-5-6-7-12(14-13)11-8-10(2)15-9-11/h8-9,12,14H,3-7,13H2,1-2H3. The monoisotopic (exact) mass is 226 g/mol. The highest BCUT2D eigenvalue weighted by Gasteiger charge is 2.10. The first-order chi connectivity index (χ1) is 7.27. The first-order valence-corrected chi connectivity index (χ1v) is 6.67. The van der Waals surface area contributed by atoms with Crippen LogP contribution in [-0.4, -0.2) is 0 Å². The summed E-state index contributed by atoms with van der Waals surface area (Å²) < 4.78 is 0. The molecule has 2 nitrogen and oxygen atoms in total. The van der Waals surface area contributed by atoms with Crippen molar-refractivity contribution in [1.29, 1.82) is 0 Å². The summed E-state index contributed by atoms with van der Waals surface area (Å²) in [6, 6.07) is 2.57. The van der Waals surface area contributed by atoms with Crippen LogP contribution in [0.3, 0.4) is 0 Å². The molecule has 0 aliphatic heterocycles. The van der Waals surface area contributed by atoms with Crippen molar-refractivity contribution in [1.82, 2.24) is 5.43 Å². The molecule has 1 aromatic rings. The van der Waals surface area contributed by atoms with Gasteiger partial charge in [-0.1, -0.05) is 32.6 Å². The van der Waals surface area contributed by atoms with Gasteiger partial charge >= 0.3 is 0 Å². The van der Waals surface area contributed by atoms with Crippen LogP contribution in [0.1, 0.15) is 55.5 Å². The van der Waals surface area contributed by atoms with Gasteiger partial charge in [0.15, 0.2) is 0 Å². The molecule has 1 unspecified atom stereocenters. The lowest BCUT2D eigenvalue weighted by molar-refractivity contribution is 0.483. The second-order valence-corrected chi connectivity index (χ2v) is 5.17. The fraction of sp³-hybridized carbons (Fsp3) is 0.667. The van der Waals surface area contributed by atoms with Crippen LogP contribution in [0.2, 0.25) is 0 Å². The highest BCUT2D eigenvalue weighted by molar-refractivity contribution is 7.10. The number of unbranched alkanes of at least 4 members (excludes halogenated alkanes) is 3. The smallest absolute Gasteiger partial charge is 0.0468 e. The molecule has 0 fully saturated rings. The fourth-order valence-corrected chi connectivity index (χ4v) is 2.53. The maximum absolute atomic E-state index is 5.58. The van der Waals surface area contributed by atoms with Crippen LogP contribution < -0.4 is 11.3 Å². The summed E-state index contributed by atoms with van der Waals surface area (Å²) in [6.07, 6.45) is 6.35. The zero-order valence-electron chi connectivity index (χ0n) is 9.75. The van der Waals surface area contributed by atoms with Crippen molar-refractivity contribution >= 4 is 11.3 Å². The summed E-state index contributed by atoms with van der Waals surface area (Å²) in [6.45, 7) is 4.37. The molecule has 0 bridgehead atoms. The van der Waals surface area contributed by atoms with E-state index in [0.29, 0.717) is 6.04 Å². The van der Waals surface area contributed by atoms with E-state index in [1.807, 2.05) is 0 Å². The number of hydrogen-bond acceptors (Lipinski definition) is 3. The van der Waals surface area contributed by atoms with E-state index in [0.717, 1.165) is 6.42 Å². The van der Waals surface area contributed by atoms with Crippen LogP contribution >= 0.6 is 11.3 Å². The number of nitrogens with one attached hydrogen (secondary N) is 1. The lowest BCUT2D eigenvalue weighted by Crippen LogP contribution is -2.27. The minimum Gasteiger partial charge on any atom is -0.271 e. The second-order valence-electron chi connectivity index (χ2n) is 4.06. The Bertz CT molecular complexity index is 270. The van der Waals surface area contributed by atoms with Gasteiger partial charge in [0.25, 0.3) is 0 Å². The number of aryl methyl sites for hydroxylation is 1. The molecule has 86 valence electrons. The van der Waals surface area contributed by atoms with Gasteiger partial charge in [0.05, 0.1) is 0 Å². The van der Waals surface area contributed by atoms with Crippen molar-refractivity contribution in [2.75, 3.05) is 0 Å². The molecule has 0 saturated heterocycles. The molecule has 15 heavy (non-hydrogen) atoms. The summed E-state index contributed by atoms with van der Waals surface area (Å²) in [7, 11) is 0. The van der Waals surface area contributed by atoms with Crippen molar-refractivity contribution in [3.8, 4) is 0 Å². The summed E-state index contributed by atoms with van der Waals surface area (Å²) in [5.41, 5.74) is 4.26. The van der Waals surface area contributed by atoms with Gasteiger partial charge < -0.3 is 0 Å². The van der Waals surface area contributed by atoms with Crippen molar-refractivity contribution in [3.63, 3.8) is 0 Å². The van der Waals surface area contributed by atoms with Crippen LogP contribution in [0.15, 0.2) is 11.4 Å². The Morgan fingerprint density at radius 2 is 2.20 bits per heavy atom. The first-order valence-electron chi connectivity index (χ1n) is 5.79. The Kier molecular flexibility index (Phi) is 5.91. The first kappa shape index (κ1) is 12.7. The van der Waals surface area contributed by atoms with Crippen molar-refractivity contribution in [2.24, 2.45) is 5.84 Å².